The van der Waals surface area contributed by atoms with Crippen molar-refractivity contribution in [1.82, 2.24) is 0 Å². The van der Waals surface area contributed by atoms with E-state index in [1.807, 2.05) is 13.2 Å². The highest BCUT2D eigenvalue weighted by atomic mass is 32.2. The summed E-state index contributed by atoms with van der Waals surface area (Å²) in [7, 11) is 0. The van der Waals surface area contributed by atoms with Crippen molar-refractivity contribution in [2.45, 2.75) is 62.1 Å². The number of carbonyl (C=O) groups is 1. The highest BCUT2D eigenvalue weighted by Gasteiger charge is 2.42. The van der Waals surface area contributed by atoms with Crippen LogP contribution < -0.4 is 10.6 Å². The normalized spacial score (nSPS) is 28.1. The number of hydrogen-bond acceptors (Lipinski definition) is 6. The van der Waals surface area contributed by atoms with E-state index in [0.717, 1.165) is 35.6 Å². The number of thiophene rings is 1. The number of nitrogens with zero attached hydrogens (tertiary/aromatic N) is 1. The standard InChI is InChI=1S/C15H22N2O2S2/c1-3-11(19)13-12(16)14(20-2)15(21-13)17-8-4-5-9(17)7-10(18)6-8/h8-10,18H,3-7,16H2,1-2H3. The topological polar surface area (TPSA) is 66.6 Å². The van der Waals surface area contributed by atoms with Crippen molar-refractivity contribution in [3.8, 4) is 0 Å². The van der Waals surface area contributed by atoms with Gasteiger partial charge >= 0.3 is 0 Å². The maximum atomic E-state index is 12.1. The van der Waals surface area contributed by atoms with Crippen LogP contribution >= 0.6 is 23.1 Å². The quantitative estimate of drug-likeness (QED) is 0.657. The van der Waals surface area contributed by atoms with Crippen LogP contribution in [0.1, 0.15) is 48.7 Å². The minimum absolute atomic E-state index is 0.128. The van der Waals surface area contributed by atoms with Crippen LogP contribution in [0.2, 0.25) is 0 Å². The third-order valence-corrected chi connectivity index (χ3v) is 6.81. The smallest absolute Gasteiger partial charge is 0.174 e. The van der Waals surface area contributed by atoms with Crippen LogP contribution in [0.15, 0.2) is 4.90 Å². The molecule has 2 unspecified atom stereocenters. The number of fused-ring (bicyclic) bond motifs is 2. The van der Waals surface area contributed by atoms with Crippen LogP contribution in [0.5, 0.6) is 0 Å². The molecule has 3 N–H and O–H groups in total. The highest BCUT2D eigenvalue weighted by Crippen LogP contribution is 2.50. The van der Waals surface area contributed by atoms with Crippen LogP contribution in [0.4, 0.5) is 10.7 Å². The van der Waals surface area contributed by atoms with Crippen molar-refractivity contribution in [2.24, 2.45) is 0 Å². The number of aliphatic hydroxyl groups excluding tert-OH is 1. The maximum absolute atomic E-state index is 12.1. The molecule has 2 atom stereocenters. The lowest BCUT2D eigenvalue weighted by atomic mass is 10.0. The molecular formula is C15H22N2O2S2. The molecule has 3 rings (SSSR count). The summed E-state index contributed by atoms with van der Waals surface area (Å²) in [6, 6.07) is 0.791. The fraction of sp³-hybridized carbons (Fsp3) is 0.667. The first-order chi connectivity index (χ1) is 10.1. The fourth-order valence-corrected chi connectivity index (χ4v) is 5.94. The van der Waals surface area contributed by atoms with Crippen molar-refractivity contribution >= 4 is 39.6 Å². The van der Waals surface area contributed by atoms with Gasteiger partial charge in [-0.3, -0.25) is 4.79 Å². The molecule has 0 amide bonds. The van der Waals surface area contributed by atoms with Gasteiger partial charge in [0, 0.05) is 18.5 Å². The van der Waals surface area contributed by atoms with E-state index in [2.05, 4.69) is 4.90 Å². The summed E-state index contributed by atoms with van der Waals surface area (Å²) >= 11 is 3.17. The Labute approximate surface area is 133 Å². The molecule has 6 heteroatoms. The van der Waals surface area contributed by atoms with E-state index in [0.29, 0.717) is 29.1 Å². The van der Waals surface area contributed by atoms with Gasteiger partial charge in [-0.15, -0.1) is 23.1 Å². The second-order valence-corrected chi connectivity index (χ2v) is 7.69. The average molecular weight is 326 g/mol. The summed E-state index contributed by atoms with van der Waals surface area (Å²) < 4.78 is 0. The molecular weight excluding hydrogens is 304 g/mol. The van der Waals surface area contributed by atoms with E-state index < -0.39 is 0 Å². The Morgan fingerprint density at radius 3 is 2.57 bits per heavy atom. The Morgan fingerprint density at radius 1 is 1.43 bits per heavy atom. The number of hydrogen-bond donors (Lipinski definition) is 2. The number of ketones is 1. The third-order valence-electron chi connectivity index (χ3n) is 4.60. The number of rotatable bonds is 4. The monoisotopic (exact) mass is 326 g/mol. The zero-order chi connectivity index (χ0) is 15.1. The number of thioether (sulfide) groups is 1. The molecule has 2 aliphatic heterocycles. The molecule has 0 aromatic carbocycles. The van der Waals surface area contributed by atoms with Gasteiger partial charge in [0.05, 0.1) is 21.6 Å². The number of aliphatic hydroxyl groups is 1. The van der Waals surface area contributed by atoms with Crippen molar-refractivity contribution in [2.75, 3.05) is 16.9 Å². The lowest BCUT2D eigenvalue weighted by molar-refractivity contribution is 0.0992. The summed E-state index contributed by atoms with van der Waals surface area (Å²) in [5.41, 5.74) is 6.88. The number of carbonyl (C=O) groups excluding carboxylic acids is 1. The van der Waals surface area contributed by atoms with Crippen molar-refractivity contribution in [3.05, 3.63) is 4.88 Å². The molecule has 0 saturated carbocycles. The van der Waals surface area contributed by atoms with Crippen molar-refractivity contribution in [3.63, 3.8) is 0 Å². The molecule has 21 heavy (non-hydrogen) atoms. The Hall–Kier alpha value is -0.720. The van der Waals surface area contributed by atoms with Gasteiger partial charge in [0.1, 0.15) is 5.00 Å². The minimum Gasteiger partial charge on any atom is -0.396 e. The van der Waals surface area contributed by atoms with Gasteiger partial charge in [0.25, 0.3) is 0 Å². The Balaban J connectivity index is 2.01. The molecule has 2 saturated heterocycles. The van der Waals surface area contributed by atoms with Crippen LogP contribution in [-0.4, -0.2) is 35.3 Å². The molecule has 3 heterocycles. The molecule has 116 valence electrons. The van der Waals surface area contributed by atoms with Gasteiger partial charge in [0.2, 0.25) is 0 Å². The van der Waals surface area contributed by atoms with Gasteiger partial charge in [0.15, 0.2) is 5.78 Å². The van der Waals surface area contributed by atoms with Gasteiger partial charge < -0.3 is 15.7 Å². The van der Waals surface area contributed by atoms with Crippen LogP contribution in [0.3, 0.4) is 0 Å². The van der Waals surface area contributed by atoms with Gasteiger partial charge in [-0.05, 0) is 31.9 Å². The van der Waals surface area contributed by atoms with Gasteiger partial charge in [-0.1, -0.05) is 6.92 Å². The maximum Gasteiger partial charge on any atom is 0.174 e. The lowest BCUT2D eigenvalue weighted by Crippen LogP contribution is -2.44. The molecule has 0 aliphatic carbocycles. The van der Waals surface area contributed by atoms with Crippen molar-refractivity contribution in [1.29, 1.82) is 0 Å². The molecule has 0 spiro atoms. The molecule has 4 nitrogen and oxygen atoms in total. The van der Waals surface area contributed by atoms with E-state index >= 15 is 0 Å². The molecule has 2 fully saturated rings. The predicted molar refractivity (Wildman–Crippen MR) is 89.7 cm³/mol. The Kier molecular flexibility index (Phi) is 4.21. The lowest BCUT2D eigenvalue weighted by Gasteiger charge is -2.38. The zero-order valence-corrected chi connectivity index (χ0v) is 14.1. The number of piperidine rings is 1. The summed E-state index contributed by atoms with van der Waals surface area (Å²) in [6.07, 6.45) is 6.25. The number of anilines is 2. The second kappa shape index (κ2) is 5.82. The first kappa shape index (κ1) is 15.2. The summed E-state index contributed by atoms with van der Waals surface area (Å²) in [5, 5.41) is 11.1. The fourth-order valence-electron chi connectivity index (χ4n) is 3.63. The summed E-state index contributed by atoms with van der Waals surface area (Å²) in [6.45, 7) is 1.88. The van der Waals surface area contributed by atoms with Gasteiger partial charge in [-0.25, -0.2) is 0 Å². The first-order valence-electron chi connectivity index (χ1n) is 7.52. The molecule has 1 aromatic heterocycles. The van der Waals surface area contributed by atoms with E-state index in [-0.39, 0.29) is 11.9 Å². The Morgan fingerprint density at radius 2 is 2.05 bits per heavy atom. The second-order valence-electron chi connectivity index (χ2n) is 5.88. The van der Waals surface area contributed by atoms with Crippen LogP contribution in [0.25, 0.3) is 0 Å². The molecule has 0 radical (unpaired) electrons. The summed E-state index contributed by atoms with van der Waals surface area (Å²) in [4.78, 5) is 16.3. The zero-order valence-electron chi connectivity index (χ0n) is 12.5. The first-order valence-corrected chi connectivity index (χ1v) is 9.56. The third kappa shape index (κ3) is 2.47. The highest BCUT2D eigenvalue weighted by molar-refractivity contribution is 7.99. The average Bonchev–Trinajstić information content (AvgIpc) is 2.92. The summed E-state index contributed by atoms with van der Waals surface area (Å²) in [5.74, 6) is 0.128. The van der Waals surface area contributed by atoms with E-state index in [1.165, 1.54) is 0 Å². The minimum atomic E-state index is -0.175. The largest absolute Gasteiger partial charge is 0.396 e. The Bertz CT molecular complexity index is 544. The SMILES string of the molecule is CCC(=O)c1sc(N2C3CCC2CC(O)C3)c(SC)c1N. The molecule has 2 bridgehead atoms. The van der Waals surface area contributed by atoms with Crippen LogP contribution in [-0.2, 0) is 0 Å². The number of nitrogen functional groups attached to an aromatic ring is 1. The van der Waals surface area contributed by atoms with E-state index in [1.54, 1.807) is 23.1 Å². The van der Waals surface area contributed by atoms with E-state index in [4.69, 9.17) is 5.73 Å². The predicted octanol–water partition coefficient (Wildman–Crippen LogP) is 3.14. The molecule has 1 aromatic rings. The van der Waals surface area contributed by atoms with E-state index in [9.17, 15) is 9.90 Å². The number of nitrogens with two attached hydrogens (primary N) is 1. The number of Topliss-reactive ketones (excluding diaryl/α,β-unsaturated/α-hetero) is 1. The van der Waals surface area contributed by atoms with Crippen LogP contribution in [0, 0.1) is 0 Å². The van der Waals surface area contributed by atoms with Gasteiger partial charge in [-0.2, -0.15) is 0 Å². The molecule has 2 aliphatic rings. The van der Waals surface area contributed by atoms with Crippen molar-refractivity contribution < 1.29 is 9.90 Å².